The SMILES string of the molecule is CCN(CC1CCCN1)C(=O)c1ccc(C)c(OC)c1. The van der Waals surface area contributed by atoms with Crippen LogP contribution in [0.4, 0.5) is 0 Å². The van der Waals surface area contributed by atoms with Gasteiger partial charge >= 0.3 is 0 Å². The molecule has 1 aliphatic rings. The molecule has 1 fully saturated rings. The maximum Gasteiger partial charge on any atom is 0.254 e. The monoisotopic (exact) mass is 276 g/mol. The summed E-state index contributed by atoms with van der Waals surface area (Å²) in [5.41, 5.74) is 1.75. The average molecular weight is 276 g/mol. The molecule has 110 valence electrons. The number of carbonyl (C=O) groups is 1. The van der Waals surface area contributed by atoms with E-state index in [0.717, 1.165) is 37.4 Å². The number of methoxy groups -OCH3 is 1. The van der Waals surface area contributed by atoms with E-state index in [1.165, 1.54) is 6.42 Å². The van der Waals surface area contributed by atoms with Gasteiger partial charge in [-0.3, -0.25) is 4.79 Å². The maximum absolute atomic E-state index is 12.6. The minimum absolute atomic E-state index is 0.0829. The molecule has 2 rings (SSSR count). The first-order chi connectivity index (χ1) is 9.65. The molecule has 1 amide bonds. The Kier molecular flexibility index (Phi) is 5.01. The number of carbonyl (C=O) groups excluding carboxylic acids is 1. The molecule has 0 bridgehead atoms. The van der Waals surface area contributed by atoms with E-state index in [-0.39, 0.29) is 5.91 Å². The van der Waals surface area contributed by atoms with Crippen molar-refractivity contribution in [1.29, 1.82) is 0 Å². The van der Waals surface area contributed by atoms with Crippen molar-refractivity contribution in [3.8, 4) is 5.75 Å². The number of ether oxygens (including phenoxy) is 1. The summed E-state index contributed by atoms with van der Waals surface area (Å²) >= 11 is 0. The Balaban J connectivity index is 2.10. The Morgan fingerprint density at radius 2 is 2.30 bits per heavy atom. The highest BCUT2D eigenvalue weighted by atomic mass is 16.5. The number of likely N-dealkylation sites (N-methyl/N-ethyl adjacent to an activating group) is 1. The van der Waals surface area contributed by atoms with Gasteiger partial charge in [-0.1, -0.05) is 6.07 Å². The van der Waals surface area contributed by atoms with Crippen LogP contribution in [0, 0.1) is 6.92 Å². The van der Waals surface area contributed by atoms with E-state index in [4.69, 9.17) is 4.74 Å². The molecule has 1 saturated heterocycles. The van der Waals surface area contributed by atoms with E-state index < -0.39 is 0 Å². The van der Waals surface area contributed by atoms with E-state index in [1.807, 2.05) is 36.9 Å². The van der Waals surface area contributed by atoms with E-state index in [1.54, 1.807) is 7.11 Å². The van der Waals surface area contributed by atoms with Crippen LogP contribution in [-0.4, -0.2) is 43.6 Å². The van der Waals surface area contributed by atoms with Gasteiger partial charge in [-0.25, -0.2) is 0 Å². The first kappa shape index (κ1) is 14.9. The fraction of sp³-hybridized carbons (Fsp3) is 0.562. The summed E-state index contributed by atoms with van der Waals surface area (Å²) in [6.07, 6.45) is 2.36. The van der Waals surface area contributed by atoms with E-state index >= 15 is 0 Å². The number of amides is 1. The average Bonchev–Trinajstić information content (AvgIpc) is 2.97. The zero-order valence-corrected chi connectivity index (χ0v) is 12.6. The molecule has 1 N–H and O–H groups in total. The quantitative estimate of drug-likeness (QED) is 0.896. The highest BCUT2D eigenvalue weighted by Crippen LogP contribution is 2.20. The molecular formula is C16H24N2O2. The van der Waals surface area contributed by atoms with Gasteiger partial charge in [0.15, 0.2) is 0 Å². The van der Waals surface area contributed by atoms with Crippen molar-refractivity contribution >= 4 is 5.91 Å². The van der Waals surface area contributed by atoms with Crippen LogP contribution in [0.1, 0.15) is 35.7 Å². The Morgan fingerprint density at radius 1 is 1.50 bits per heavy atom. The molecular weight excluding hydrogens is 252 g/mol. The molecule has 1 aliphatic heterocycles. The van der Waals surface area contributed by atoms with Gasteiger partial charge in [-0.05, 0) is 50.9 Å². The summed E-state index contributed by atoms with van der Waals surface area (Å²) in [6.45, 7) is 6.58. The predicted octanol–water partition coefficient (Wildman–Crippen LogP) is 2.22. The molecule has 20 heavy (non-hydrogen) atoms. The fourth-order valence-corrected chi connectivity index (χ4v) is 2.67. The van der Waals surface area contributed by atoms with Crippen LogP contribution < -0.4 is 10.1 Å². The van der Waals surface area contributed by atoms with Crippen LogP contribution in [0.15, 0.2) is 18.2 Å². The third-order valence-corrected chi connectivity index (χ3v) is 3.93. The third-order valence-electron chi connectivity index (χ3n) is 3.93. The van der Waals surface area contributed by atoms with Gasteiger partial charge in [-0.15, -0.1) is 0 Å². The highest BCUT2D eigenvalue weighted by Gasteiger charge is 2.21. The van der Waals surface area contributed by atoms with Crippen molar-refractivity contribution in [2.24, 2.45) is 0 Å². The van der Waals surface area contributed by atoms with E-state index in [9.17, 15) is 4.79 Å². The number of benzene rings is 1. The van der Waals surface area contributed by atoms with Gasteiger partial charge in [0.1, 0.15) is 5.75 Å². The van der Waals surface area contributed by atoms with Crippen LogP contribution >= 0.6 is 0 Å². The second kappa shape index (κ2) is 6.75. The number of rotatable bonds is 5. The summed E-state index contributed by atoms with van der Waals surface area (Å²) in [7, 11) is 1.64. The van der Waals surface area contributed by atoms with Crippen molar-refractivity contribution in [1.82, 2.24) is 10.2 Å². The number of hydrogen-bond acceptors (Lipinski definition) is 3. The number of nitrogens with zero attached hydrogens (tertiary/aromatic N) is 1. The molecule has 0 spiro atoms. The summed E-state index contributed by atoms with van der Waals surface area (Å²) in [4.78, 5) is 14.5. The van der Waals surface area contributed by atoms with Gasteiger partial charge < -0.3 is 15.0 Å². The summed E-state index contributed by atoms with van der Waals surface area (Å²) in [6, 6.07) is 6.09. The van der Waals surface area contributed by atoms with Crippen molar-refractivity contribution in [2.45, 2.75) is 32.7 Å². The first-order valence-electron chi connectivity index (χ1n) is 7.33. The standard InChI is InChI=1S/C16H24N2O2/c1-4-18(11-14-6-5-9-17-14)16(19)13-8-7-12(2)15(10-13)20-3/h7-8,10,14,17H,4-6,9,11H2,1-3H3. The fourth-order valence-electron chi connectivity index (χ4n) is 2.67. The van der Waals surface area contributed by atoms with Gasteiger partial charge in [-0.2, -0.15) is 0 Å². The molecule has 0 radical (unpaired) electrons. The topological polar surface area (TPSA) is 41.6 Å². The predicted molar refractivity (Wildman–Crippen MR) is 80.3 cm³/mol. The van der Waals surface area contributed by atoms with Crippen molar-refractivity contribution < 1.29 is 9.53 Å². The van der Waals surface area contributed by atoms with Crippen molar-refractivity contribution in [3.63, 3.8) is 0 Å². The van der Waals surface area contributed by atoms with Crippen LogP contribution in [0.2, 0.25) is 0 Å². The molecule has 1 unspecified atom stereocenters. The minimum atomic E-state index is 0.0829. The largest absolute Gasteiger partial charge is 0.496 e. The second-order valence-corrected chi connectivity index (χ2v) is 5.32. The van der Waals surface area contributed by atoms with Crippen molar-refractivity contribution in [2.75, 3.05) is 26.7 Å². The third kappa shape index (κ3) is 3.31. The smallest absolute Gasteiger partial charge is 0.254 e. The van der Waals surface area contributed by atoms with Gasteiger partial charge in [0.25, 0.3) is 5.91 Å². The number of hydrogen-bond donors (Lipinski definition) is 1. The second-order valence-electron chi connectivity index (χ2n) is 5.32. The Bertz CT molecular complexity index is 468. The van der Waals surface area contributed by atoms with Gasteiger partial charge in [0.05, 0.1) is 7.11 Å². The zero-order chi connectivity index (χ0) is 14.5. The highest BCUT2D eigenvalue weighted by molar-refractivity contribution is 5.94. The lowest BCUT2D eigenvalue weighted by atomic mass is 10.1. The molecule has 1 atom stereocenters. The zero-order valence-electron chi connectivity index (χ0n) is 12.6. The maximum atomic E-state index is 12.6. The molecule has 1 aromatic carbocycles. The van der Waals surface area contributed by atoms with Crippen LogP contribution in [0.25, 0.3) is 0 Å². The lowest BCUT2D eigenvalue weighted by Gasteiger charge is -2.25. The molecule has 4 nitrogen and oxygen atoms in total. The minimum Gasteiger partial charge on any atom is -0.496 e. The van der Waals surface area contributed by atoms with Crippen LogP contribution in [0.3, 0.4) is 0 Å². The molecule has 0 aliphatic carbocycles. The van der Waals surface area contributed by atoms with Gasteiger partial charge in [0.2, 0.25) is 0 Å². The molecule has 1 aromatic rings. The molecule has 0 aromatic heterocycles. The van der Waals surface area contributed by atoms with E-state index in [2.05, 4.69) is 5.32 Å². The van der Waals surface area contributed by atoms with Crippen LogP contribution in [0.5, 0.6) is 5.75 Å². The number of nitrogens with one attached hydrogen (secondary N) is 1. The normalized spacial score (nSPS) is 18.1. The Hall–Kier alpha value is -1.55. The number of aryl methyl sites for hydroxylation is 1. The molecule has 0 saturated carbocycles. The van der Waals surface area contributed by atoms with Crippen molar-refractivity contribution in [3.05, 3.63) is 29.3 Å². The summed E-state index contributed by atoms with van der Waals surface area (Å²) in [5, 5.41) is 3.44. The van der Waals surface area contributed by atoms with Gasteiger partial charge in [0, 0.05) is 24.7 Å². The lowest BCUT2D eigenvalue weighted by Crippen LogP contribution is -2.41. The summed E-state index contributed by atoms with van der Waals surface area (Å²) < 4.78 is 5.30. The van der Waals surface area contributed by atoms with Crippen LogP contribution in [-0.2, 0) is 0 Å². The van der Waals surface area contributed by atoms with E-state index in [0.29, 0.717) is 11.6 Å². The first-order valence-corrected chi connectivity index (χ1v) is 7.33. The summed E-state index contributed by atoms with van der Waals surface area (Å²) in [5.74, 6) is 0.852. The molecule has 1 heterocycles. The Labute approximate surface area is 121 Å². The Morgan fingerprint density at radius 3 is 2.90 bits per heavy atom. The lowest BCUT2D eigenvalue weighted by molar-refractivity contribution is 0.0751. The molecule has 4 heteroatoms.